The van der Waals surface area contributed by atoms with E-state index >= 15 is 0 Å². The van der Waals surface area contributed by atoms with Crippen LogP contribution < -0.4 is 16.0 Å². The van der Waals surface area contributed by atoms with Gasteiger partial charge in [-0.2, -0.15) is 0 Å². The van der Waals surface area contributed by atoms with Gasteiger partial charge in [0.2, 0.25) is 5.91 Å². The van der Waals surface area contributed by atoms with Crippen molar-refractivity contribution in [3.63, 3.8) is 0 Å². The van der Waals surface area contributed by atoms with Crippen molar-refractivity contribution in [1.29, 1.82) is 0 Å². The fourth-order valence-electron chi connectivity index (χ4n) is 3.99. The zero-order valence-electron chi connectivity index (χ0n) is 19.7. The van der Waals surface area contributed by atoms with Gasteiger partial charge in [0.25, 0.3) is 0 Å². The third-order valence-corrected chi connectivity index (χ3v) is 5.70. The molecule has 176 valence electrons. The molecule has 8 heteroatoms. The summed E-state index contributed by atoms with van der Waals surface area (Å²) in [5, 5.41) is 7.70. The number of amides is 1. The quantitative estimate of drug-likeness (QED) is 0.138. The molecule has 2 aliphatic rings. The highest BCUT2D eigenvalue weighted by molar-refractivity contribution is 6.08. The number of nitrogens with one attached hydrogen (secondary N) is 1. The standard InChI is InChI=1S/C26H28N4O4/c1-4-27-19-13-22-21(12-16(19)2)30-26-18-9-6-5-8-17(18)20(14-23(26)34-22)28-11-7-10-24(31)29-15-25(32)33-3/h5-6,8-9,12-14,28H,4,7,10-11,15H2,1-3H3,(H,29,31)/p+1. The van der Waals surface area contributed by atoms with Gasteiger partial charge in [-0.1, -0.05) is 18.2 Å². The van der Waals surface area contributed by atoms with E-state index in [4.69, 9.17) is 9.40 Å². The van der Waals surface area contributed by atoms with E-state index in [0.29, 0.717) is 37.3 Å². The first-order valence-corrected chi connectivity index (χ1v) is 11.4. The SMILES string of the molecule is CCN=c1cc2oc3cc([NH2+]CCCC(=O)NCC(=O)OC)c4ccccc4c3nc-2cc1C. The van der Waals surface area contributed by atoms with Crippen molar-refractivity contribution in [3.05, 3.63) is 53.4 Å². The van der Waals surface area contributed by atoms with Crippen molar-refractivity contribution in [2.75, 3.05) is 26.7 Å². The van der Waals surface area contributed by atoms with Gasteiger partial charge in [0.1, 0.15) is 23.4 Å². The fourth-order valence-corrected chi connectivity index (χ4v) is 3.99. The van der Waals surface area contributed by atoms with Crippen molar-refractivity contribution in [2.24, 2.45) is 4.99 Å². The molecule has 1 aliphatic carbocycles. The summed E-state index contributed by atoms with van der Waals surface area (Å²) in [7, 11) is 1.29. The van der Waals surface area contributed by atoms with Crippen LogP contribution in [-0.2, 0) is 14.3 Å². The summed E-state index contributed by atoms with van der Waals surface area (Å²) in [6.07, 6.45) is 0.992. The average Bonchev–Trinajstić information content (AvgIpc) is 2.84. The molecule has 1 aliphatic heterocycles. The number of rotatable bonds is 8. The first-order chi connectivity index (χ1) is 16.5. The highest BCUT2D eigenvalue weighted by atomic mass is 16.5. The first-order valence-electron chi connectivity index (χ1n) is 11.4. The van der Waals surface area contributed by atoms with Crippen LogP contribution in [0.4, 0.5) is 5.69 Å². The summed E-state index contributed by atoms with van der Waals surface area (Å²) >= 11 is 0. The van der Waals surface area contributed by atoms with E-state index in [1.807, 2.05) is 44.2 Å². The van der Waals surface area contributed by atoms with Crippen LogP contribution in [0.3, 0.4) is 0 Å². The second-order valence-electron chi connectivity index (χ2n) is 8.10. The molecule has 1 amide bonds. The maximum atomic E-state index is 11.9. The Morgan fingerprint density at radius 2 is 1.97 bits per heavy atom. The molecule has 0 atom stereocenters. The number of methoxy groups -OCH3 is 1. The number of fused-ring (bicyclic) bond motifs is 4. The molecule has 0 aromatic heterocycles. The lowest BCUT2D eigenvalue weighted by Crippen LogP contribution is -2.78. The van der Waals surface area contributed by atoms with E-state index in [0.717, 1.165) is 38.6 Å². The predicted octanol–water partition coefficient (Wildman–Crippen LogP) is 2.58. The number of aromatic nitrogens is 1. The van der Waals surface area contributed by atoms with Crippen molar-refractivity contribution in [3.8, 4) is 11.5 Å². The van der Waals surface area contributed by atoms with Gasteiger partial charge < -0.3 is 19.8 Å². The van der Waals surface area contributed by atoms with Gasteiger partial charge in [-0.3, -0.25) is 14.6 Å². The molecule has 0 spiro atoms. The van der Waals surface area contributed by atoms with E-state index < -0.39 is 5.97 Å². The van der Waals surface area contributed by atoms with Crippen LogP contribution in [0.2, 0.25) is 0 Å². The molecule has 0 saturated heterocycles. The smallest absolute Gasteiger partial charge is 0.325 e. The van der Waals surface area contributed by atoms with Crippen molar-refractivity contribution in [1.82, 2.24) is 10.3 Å². The van der Waals surface area contributed by atoms with Crippen LogP contribution in [0.15, 0.2) is 51.9 Å². The van der Waals surface area contributed by atoms with E-state index in [1.54, 1.807) is 0 Å². The summed E-state index contributed by atoms with van der Waals surface area (Å²) < 4.78 is 10.8. The number of carbonyl (C=O) groups is 2. The Morgan fingerprint density at radius 1 is 1.18 bits per heavy atom. The predicted molar refractivity (Wildman–Crippen MR) is 130 cm³/mol. The van der Waals surface area contributed by atoms with E-state index in [2.05, 4.69) is 32.5 Å². The number of nitrogens with zero attached hydrogens (tertiary/aromatic N) is 2. The number of nitrogens with two attached hydrogens (primary N) is 1. The largest absolute Gasteiger partial charge is 0.468 e. The van der Waals surface area contributed by atoms with Crippen LogP contribution in [-0.4, -0.2) is 43.6 Å². The normalized spacial score (nSPS) is 11.9. The minimum Gasteiger partial charge on any atom is -0.468 e. The average molecular weight is 462 g/mol. The summed E-state index contributed by atoms with van der Waals surface area (Å²) in [6, 6.07) is 14.1. The summed E-state index contributed by atoms with van der Waals surface area (Å²) in [5.41, 5.74) is 4.44. The Labute approximate surface area is 197 Å². The second kappa shape index (κ2) is 10.4. The summed E-state index contributed by atoms with van der Waals surface area (Å²) in [6.45, 7) is 5.35. The van der Waals surface area contributed by atoms with Gasteiger partial charge in [-0.25, -0.2) is 4.98 Å². The molecule has 8 nitrogen and oxygen atoms in total. The molecular weight excluding hydrogens is 432 g/mol. The number of benzene rings is 3. The van der Waals surface area contributed by atoms with Crippen molar-refractivity contribution >= 4 is 39.4 Å². The van der Waals surface area contributed by atoms with Gasteiger partial charge in [-0.05, 0) is 31.5 Å². The van der Waals surface area contributed by atoms with E-state index in [-0.39, 0.29) is 12.5 Å². The lowest BCUT2D eigenvalue weighted by Gasteiger charge is -2.12. The van der Waals surface area contributed by atoms with Gasteiger partial charge >= 0.3 is 5.97 Å². The highest BCUT2D eigenvalue weighted by Crippen LogP contribution is 2.32. The van der Waals surface area contributed by atoms with Crippen LogP contribution in [0, 0.1) is 6.92 Å². The molecule has 0 radical (unpaired) electrons. The number of aryl methyl sites for hydroxylation is 1. The second-order valence-corrected chi connectivity index (χ2v) is 8.10. The molecule has 0 unspecified atom stereocenters. The minimum absolute atomic E-state index is 0.108. The lowest BCUT2D eigenvalue weighted by atomic mass is 10.1. The number of carbonyl (C=O) groups excluding carboxylic acids is 2. The minimum atomic E-state index is -0.460. The fraction of sp³-hybridized carbons (Fsp3) is 0.308. The molecule has 0 saturated carbocycles. The number of quaternary nitrogens is 1. The molecular formula is C26H29N4O4+. The van der Waals surface area contributed by atoms with Gasteiger partial charge in [0.05, 0.1) is 19.0 Å². The number of ether oxygens (including phenoxy) is 1. The maximum Gasteiger partial charge on any atom is 0.325 e. The molecule has 0 bridgehead atoms. The third kappa shape index (κ3) is 5.07. The molecule has 2 aromatic carbocycles. The molecule has 0 fully saturated rings. The van der Waals surface area contributed by atoms with Crippen molar-refractivity contribution < 1.29 is 24.1 Å². The van der Waals surface area contributed by atoms with E-state index in [1.165, 1.54) is 7.11 Å². The molecule has 1 heterocycles. The summed E-state index contributed by atoms with van der Waals surface area (Å²) in [4.78, 5) is 32.5. The lowest BCUT2D eigenvalue weighted by molar-refractivity contribution is -0.570. The molecule has 4 rings (SSSR count). The Kier molecular flexibility index (Phi) is 7.18. The maximum absolute atomic E-state index is 11.9. The molecule has 2 aromatic rings. The zero-order valence-corrected chi connectivity index (χ0v) is 19.7. The Bertz CT molecular complexity index is 1390. The molecule has 3 N–H and O–H groups in total. The summed E-state index contributed by atoms with van der Waals surface area (Å²) in [5.74, 6) is 0.0725. The van der Waals surface area contributed by atoms with Crippen LogP contribution in [0.5, 0.6) is 0 Å². The number of hydrogen-bond donors (Lipinski definition) is 2. The first kappa shape index (κ1) is 23.4. The Hall–Kier alpha value is -3.78. The van der Waals surface area contributed by atoms with Crippen LogP contribution in [0.25, 0.3) is 33.3 Å². The van der Waals surface area contributed by atoms with Gasteiger partial charge in [0.15, 0.2) is 11.3 Å². The topological polar surface area (TPSA) is 110 Å². The van der Waals surface area contributed by atoms with Crippen LogP contribution in [0.1, 0.15) is 25.3 Å². The Balaban J connectivity index is 1.61. The number of hydrogen-bond acceptors (Lipinski definition) is 6. The van der Waals surface area contributed by atoms with E-state index in [9.17, 15) is 9.59 Å². The van der Waals surface area contributed by atoms with Crippen LogP contribution >= 0.6 is 0 Å². The third-order valence-electron chi connectivity index (χ3n) is 5.70. The van der Waals surface area contributed by atoms with Crippen molar-refractivity contribution in [2.45, 2.75) is 26.7 Å². The highest BCUT2D eigenvalue weighted by Gasteiger charge is 2.16. The monoisotopic (exact) mass is 461 g/mol. The Morgan fingerprint density at radius 3 is 2.74 bits per heavy atom. The number of esters is 1. The zero-order chi connectivity index (χ0) is 24.1. The molecule has 34 heavy (non-hydrogen) atoms. The van der Waals surface area contributed by atoms with Gasteiger partial charge in [-0.15, -0.1) is 0 Å². The van der Waals surface area contributed by atoms with Gasteiger partial charge in [0, 0.05) is 42.3 Å².